The van der Waals surface area contributed by atoms with Crippen molar-refractivity contribution in [2.24, 2.45) is 0 Å². The van der Waals surface area contributed by atoms with Crippen LogP contribution >= 0.6 is 11.6 Å². The second-order valence-corrected chi connectivity index (χ2v) is 5.47. The van der Waals surface area contributed by atoms with Gasteiger partial charge in [-0.1, -0.05) is 46.6 Å². The minimum atomic E-state index is -0.323. The molecule has 0 aliphatic rings. The first-order chi connectivity index (χ1) is 11.6. The second-order valence-electron chi connectivity index (χ2n) is 5.07. The molecule has 7 heteroatoms. The molecule has 0 aliphatic carbocycles. The monoisotopic (exact) mass is 343 g/mol. The highest BCUT2D eigenvalue weighted by atomic mass is 35.5. The smallest absolute Gasteiger partial charge is 0.418 e. The molecule has 3 aromatic rings. The Morgan fingerprint density at radius 2 is 1.96 bits per heavy atom. The van der Waals surface area contributed by atoms with Crippen LogP contribution in [0.25, 0.3) is 11.4 Å². The number of aromatic nitrogens is 2. The number of ether oxygens (including phenoxy) is 1. The Morgan fingerprint density at radius 3 is 2.71 bits per heavy atom. The zero-order valence-corrected chi connectivity index (χ0v) is 13.6. The third-order valence-corrected chi connectivity index (χ3v) is 3.51. The third kappa shape index (κ3) is 3.91. The summed E-state index contributed by atoms with van der Waals surface area (Å²) >= 11 is 6.07. The SMILES string of the molecule is Cc1ccc(NC(=O)COc2nc(-c3ccccc3Cl)no2)cc1. The van der Waals surface area contributed by atoms with Crippen LogP contribution in [-0.2, 0) is 4.79 Å². The summed E-state index contributed by atoms with van der Waals surface area (Å²) in [6, 6.07) is 14.6. The molecule has 6 nitrogen and oxygen atoms in total. The highest BCUT2D eigenvalue weighted by Crippen LogP contribution is 2.26. The van der Waals surface area contributed by atoms with Crippen LogP contribution in [0.4, 0.5) is 5.69 Å². The van der Waals surface area contributed by atoms with Gasteiger partial charge in [0.1, 0.15) is 0 Å². The van der Waals surface area contributed by atoms with E-state index < -0.39 is 0 Å². The van der Waals surface area contributed by atoms with Crippen LogP contribution in [0, 0.1) is 6.92 Å². The number of hydrogen-bond acceptors (Lipinski definition) is 5. The van der Waals surface area contributed by atoms with Crippen LogP contribution < -0.4 is 10.1 Å². The normalized spacial score (nSPS) is 10.4. The van der Waals surface area contributed by atoms with Gasteiger partial charge in [0.15, 0.2) is 6.61 Å². The van der Waals surface area contributed by atoms with Crippen molar-refractivity contribution < 1.29 is 14.1 Å². The highest BCUT2D eigenvalue weighted by Gasteiger charge is 2.13. The fourth-order valence-electron chi connectivity index (χ4n) is 1.98. The van der Waals surface area contributed by atoms with Crippen LogP contribution in [0.15, 0.2) is 53.1 Å². The van der Waals surface area contributed by atoms with Gasteiger partial charge in [0.2, 0.25) is 5.82 Å². The molecule has 0 atom stereocenters. The Labute approximate surface area is 143 Å². The fraction of sp³-hybridized carbons (Fsp3) is 0.118. The maximum atomic E-state index is 11.9. The molecule has 1 N–H and O–H groups in total. The molecule has 0 aliphatic heterocycles. The van der Waals surface area contributed by atoms with Gasteiger partial charge in [0.25, 0.3) is 5.91 Å². The van der Waals surface area contributed by atoms with E-state index in [2.05, 4.69) is 15.5 Å². The summed E-state index contributed by atoms with van der Waals surface area (Å²) in [7, 11) is 0. The van der Waals surface area contributed by atoms with Gasteiger partial charge in [-0.2, -0.15) is 4.98 Å². The molecule has 1 amide bonds. The number of anilines is 1. The zero-order valence-electron chi connectivity index (χ0n) is 12.8. The lowest BCUT2D eigenvalue weighted by atomic mass is 10.2. The van der Waals surface area contributed by atoms with Crippen molar-refractivity contribution in [2.75, 3.05) is 11.9 Å². The molecule has 0 unspecified atom stereocenters. The molecule has 0 fully saturated rings. The van der Waals surface area contributed by atoms with Gasteiger partial charge < -0.3 is 10.1 Å². The molecular weight excluding hydrogens is 330 g/mol. The van der Waals surface area contributed by atoms with Gasteiger partial charge in [0.05, 0.1) is 5.02 Å². The van der Waals surface area contributed by atoms with Gasteiger partial charge in [-0.25, -0.2) is 0 Å². The van der Waals surface area contributed by atoms with E-state index in [9.17, 15) is 4.79 Å². The summed E-state index contributed by atoms with van der Waals surface area (Å²) in [6.07, 6.45) is -0.0935. The second kappa shape index (κ2) is 7.14. The Hall–Kier alpha value is -2.86. The van der Waals surface area contributed by atoms with Crippen LogP contribution in [0.2, 0.25) is 5.02 Å². The first-order valence-corrected chi connectivity index (χ1v) is 7.57. The fourth-order valence-corrected chi connectivity index (χ4v) is 2.20. The topological polar surface area (TPSA) is 77.2 Å². The molecular formula is C17H14ClN3O3. The highest BCUT2D eigenvalue weighted by molar-refractivity contribution is 6.33. The molecule has 0 bridgehead atoms. The van der Waals surface area contributed by atoms with Gasteiger partial charge in [-0.15, -0.1) is 0 Å². The van der Waals surface area contributed by atoms with Crippen LogP contribution in [0.1, 0.15) is 5.56 Å². The maximum absolute atomic E-state index is 11.9. The van der Waals surface area contributed by atoms with E-state index in [4.69, 9.17) is 20.9 Å². The van der Waals surface area contributed by atoms with Crippen LogP contribution in [0.5, 0.6) is 6.08 Å². The molecule has 0 saturated heterocycles. The van der Waals surface area contributed by atoms with E-state index in [1.165, 1.54) is 0 Å². The first kappa shape index (κ1) is 16.0. The number of halogens is 1. The predicted octanol–water partition coefficient (Wildman–Crippen LogP) is 3.72. The summed E-state index contributed by atoms with van der Waals surface area (Å²) in [6.45, 7) is 1.74. The Kier molecular flexibility index (Phi) is 4.77. The number of hydrogen-bond donors (Lipinski definition) is 1. The number of carbonyl (C=O) groups is 1. The van der Waals surface area contributed by atoms with Crippen LogP contribution in [0.3, 0.4) is 0 Å². The molecule has 1 heterocycles. The molecule has 1 aromatic heterocycles. The number of amides is 1. The number of benzene rings is 2. The minimum absolute atomic E-state index is 0.0935. The van der Waals surface area contributed by atoms with Gasteiger partial charge >= 0.3 is 6.08 Å². The molecule has 0 radical (unpaired) electrons. The average molecular weight is 344 g/mol. The molecule has 0 saturated carbocycles. The Bertz CT molecular complexity index is 846. The van der Waals surface area contributed by atoms with E-state index in [-0.39, 0.29) is 18.6 Å². The molecule has 3 rings (SSSR count). The van der Waals surface area contributed by atoms with E-state index in [0.717, 1.165) is 5.56 Å². The Balaban J connectivity index is 1.58. The number of rotatable bonds is 5. The average Bonchev–Trinajstić information content (AvgIpc) is 3.04. The molecule has 24 heavy (non-hydrogen) atoms. The minimum Gasteiger partial charge on any atom is -0.439 e. The maximum Gasteiger partial charge on any atom is 0.418 e. The van der Waals surface area contributed by atoms with E-state index >= 15 is 0 Å². The summed E-state index contributed by atoms with van der Waals surface area (Å²) in [5, 5.41) is 7.01. The van der Waals surface area contributed by atoms with Crippen molar-refractivity contribution in [2.45, 2.75) is 6.92 Å². The van der Waals surface area contributed by atoms with Crippen molar-refractivity contribution >= 4 is 23.2 Å². The number of carbonyl (C=O) groups excluding carboxylic acids is 1. The lowest BCUT2D eigenvalue weighted by molar-refractivity contribution is -0.118. The number of nitrogens with zero attached hydrogens (tertiary/aromatic N) is 2. The van der Waals surface area contributed by atoms with Crippen LogP contribution in [-0.4, -0.2) is 22.7 Å². The van der Waals surface area contributed by atoms with Gasteiger partial charge in [0, 0.05) is 11.3 Å². The predicted molar refractivity (Wildman–Crippen MR) is 90.0 cm³/mol. The zero-order chi connectivity index (χ0) is 16.9. The molecule has 0 spiro atoms. The Morgan fingerprint density at radius 1 is 1.21 bits per heavy atom. The quantitative estimate of drug-likeness (QED) is 0.764. The number of nitrogens with one attached hydrogen (secondary N) is 1. The van der Waals surface area contributed by atoms with Gasteiger partial charge in [-0.05, 0) is 31.2 Å². The van der Waals surface area contributed by atoms with Crippen molar-refractivity contribution in [1.29, 1.82) is 0 Å². The van der Waals surface area contributed by atoms with E-state index in [0.29, 0.717) is 22.1 Å². The largest absolute Gasteiger partial charge is 0.439 e. The lowest BCUT2D eigenvalue weighted by Crippen LogP contribution is -2.20. The molecule has 122 valence electrons. The van der Waals surface area contributed by atoms with Crippen molar-refractivity contribution in [3.63, 3.8) is 0 Å². The van der Waals surface area contributed by atoms with E-state index in [1.54, 1.807) is 18.2 Å². The summed E-state index contributed by atoms with van der Waals surface area (Å²) in [5.74, 6) is -0.0223. The number of aryl methyl sites for hydroxylation is 1. The summed E-state index contributed by atoms with van der Waals surface area (Å²) in [5.41, 5.74) is 2.43. The first-order valence-electron chi connectivity index (χ1n) is 7.20. The molecule has 2 aromatic carbocycles. The van der Waals surface area contributed by atoms with Crippen molar-refractivity contribution in [3.8, 4) is 17.5 Å². The van der Waals surface area contributed by atoms with Gasteiger partial charge in [-0.3, -0.25) is 9.32 Å². The lowest BCUT2D eigenvalue weighted by Gasteiger charge is -2.04. The van der Waals surface area contributed by atoms with E-state index in [1.807, 2.05) is 37.3 Å². The summed E-state index contributed by atoms with van der Waals surface area (Å²) in [4.78, 5) is 15.9. The van der Waals surface area contributed by atoms with Crippen molar-refractivity contribution in [3.05, 3.63) is 59.1 Å². The van der Waals surface area contributed by atoms with Crippen molar-refractivity contribution in [1.82, 2.24) is 10.1 Å². The summed E-state index contributed by atoms with van der Waals surface area (Å²) < 4.78 is 10.2. The standard InChI is InChI=1S/C17H14ClN3O3/c1-11-6-8-12(9-7-11)19-15(22)10-23-17-20-16(21-24-17)13-4-2-3-5-14(13)18/h2-9H,10H2,1H3,(H,19,22). The third-order valence-electron chi connectivity index (χ3n) is 3.18.